The van der Waals surface area contributed by atoms with Crippen molar-refractivity contribution in [3.05, 3.63) is 0 Å². The van der Waals surface area contributed by atoms with Crippen molar-refractivity contribution in [2.75, 3.05) is 6.61 Å². The second kappa shape index (κ2) is 2.56. The van der Waals surface area contributed by atoms with Gasteiger partial charge in [-0.25, -0.2) is 0 Å². The average Bonchev–Trinajstić information content (AvgIpc) is 2.64. The van der Waals surface area contributed by atoms with E-state index >= 15 is 0 Å². The molecule has 0 aromatic rings. The molecule has 4 N–H and O–H groups in total. The SMILES string of the molecule is NC(CO)C1CC1C(=O)O. The first-order chi connectivity index (χ1) is 4.66. The summed E-state index contributed by atoms with van der Waals surface area (Å²) in [6, 6.07) is -0.346. The van der Waals surface area contributed by atoms with E-state index in [9.17, 15) is 4.79 Å². The third-order valence-corrected chi connectivity index (χ3v) is 1.92. The molecule has 3 unspecified atom stereocenters. The van der Waals surface area contributed by atoms with Crippen molar-refractivity contribution in [3.8, 4) is 0 Å². The maximum atomic E-state index is 10.3. The van der Waals surface area contributed by atoms with E-state index in [1.165, 1.54) is 0 Å². The molecule has 4 heteroatoms. The molecule has 58 valence electrons. The van der Waals surface area contributed by atoms with E-state index in [-0.39, 0.29) is 24.5 Å². The van der Waals surface area contributed by atoms with Gasteiger partial charge >= 0.3 is 5.97 Å². The number of nitrogens with two attached hydrogens (primary N) is 1. The Bertz CT molecular complexity index is 148. The number of hydrogen-bond acceptors (Lipinski definition) is 3. The Hall–Kier alpha value is -0.610. The fraction of sp³-hybridized carbons (Fsp3) is 0.833. The van der Waals surface area contributed by atoms with Gasteiger partial charge in [0.1, 0.15) is 0 Å². The molecular formula is C6H11NO3. The quantitative estimate of drug-likeness (QED) is 0.477. The fourth-order valence-electron chi connectivity index (χ4n) is 1.11. The molecule has 10 heavy (non-hydrogen) atoms. The number of rotatable bonds is 3. The molecule has 0 aliphatic heterocycles. The number of carbonyl (C=O) groups is 1. The van der Waals surface area contributed by atoms with E-state index in [0.717, 1.165) is 0 Å². The summed E-state index contributed by atoms with van der Waals surface area (Å²) >= 11 is 0. The van der Waals surface area contributed by atoms with Gasteiger partial charge in [0, 0.05) is 6.04 Å². The lowest BCUT2D eigenvalue weighted by molar-refractivity contribution is -0.138. The third kappa shape index (κ3) is 1.27. The average molecular weight is 145 g/mol. The van der Waals surface area contributed by atoms with Crippen molar-refractivity contribution in [1.82, 2.24) is 0 Å². The van der Waals surface area contributed by atoms with Crippen LogP contribution in [0.3, 0.4) is 0 Å². The molecule has 0 radical (unpaired) electrons. The number of aliphatic carboxylic acids is 1. The van der Waals surface area contributed by atoms with Gasteiger partial charge in [-0.15, -0.1) is 0 Å². The first kappa shape index (κ1) is 7.50. The number of carboxylic acid groups (broad SMARTS) is 1. The van der Waals surface area contributed by atoms with Crippen molar-refractivity contribution in [1.29, 1.82) is 0 Å². The van der Waals surface area contributed by atoms with E-state index in [1.54, 1.807) is 0 Å². The van der Waals surface area contributed by atoms with Crippen LogP contribution in [0.5, 0.6) is 0 Å². The number of carboxylic acids is 1. The highest BCUT2D eigenvalue weighted by Crippen LogP contribution is 2.40. The third-order valence-electron chi connectivity index (χ3n) is 1.92. The molecule has 0 saturated heterocycles. The standard InChI is InChI=1S/C6H11NO3/c7-5(2-8)3-1-4(3)6(9)10/h3-5,8H,1-2,7H2,(H,9,10). The van der Waals surface area contributed by atoms with Gasteiger partial charge in [-0.3, -0.25) is 4.79 Å². The minimum Gasteiger partial charge on any atom is -0.481 e. The topological polar surface area (TPSA) is 83.5 Å². The molecule has 1 rings (SSSR count). The van der Waals surface area contributed by atoms with Crippen LogP contribution < -0.4 is 5.73 Å². The van der Waals surface area contributed by atoms with Crippen molar-refractivity contribution < 1.29 is 15.0 Å². The largest absolute Gasteiger partial charge is 0.481 e. The molecule has 1 aliphatic rings. The zero-order valence-electron chi connectivity index (χ0n) is 5.53. The van der Waals surface area contributed by atoms with Gasteiger partial charge in [0.15, 0.2) is 0 Å². The van der Waals surface area contributed by atoms with E-state index in [4.69, 9.17) is 15.9 Å². The molecule has 0 amide bonds. The van der Waals surface area contributed by atoms with E-state index in [2.05, 4.69) is 0 Å². The second-order valence-electron chi connectivity index (χ2n) is 2.69. The predicted molar refractivity (Wildman–Crippen MR) is 34.3 cm³/mol. The molecule has 0 heterocycles. The zero-order valence-corrected chi connectivity index (χ0v) is 5.53. The van der Waals surface area contributed by atoms with Gasteiger partial charge in [0.2, 0.25) is 0 Å². The summed E-state index contributed by atoms with van der Waals surface area (Å²) in [7, 11) is 0. The highest BCUT2D eigenvalue weighted by atomic mass is 16.4. The molecular weight excluding hydrogens is 134 g/mol. The fourth-order valence-corrected chi connectivity index (χ4v) is 1.11. The number of aliphatic hydroxyl groups is 1. The summed E-state index contributed by atoms with van der Waals surface area (Å²) in [4.78, 5) is 10.3. The van der Waals surface area contributed by atoms with Crippen LogP contribution in [-0.2, 0) is 4.79 Å². The Kier molecular flexibility index (Phi) is 1.92. The van der Waals surface area contributed by atoms with Crippen molar-refractivity contribution in [2.24, 2.45) is 17.6 Å². The Labute approximate surface area is 58.6 Å². The van der Waals surface area contributed by atoms with Crippen LogP contribution >= 0.6 is 0 Å². The minimum atomic E-state index is -0.797. The summed E-state index contributed by atoms with van der Waals surface area (Å²) in [6.07, 6.45) is 0.622. The van der Waals surface area contributed by atoms with Crippen LogP contribution in [0, 0.1) is 11.8 Å². The number of aliphatic hydroxyl groups excluding tert-OH is 1. The highest BCUT2D eigenvalue weighted by molar-refractivity contribution is 5.73. The normalized spacial score (nSPS) is 33.4. The van der Waals surface area contributed by atoms with Crippen LogP contribution in [0.15, 0.2) is 0 Å². The first-order valence-electron chi connectivity index (χ1n) is 3.26. The maximum absolute atomic E-state index is 10.3. The Morgan fingerprint density at radius 1 is 1.80 bits per heavy atom. The highest BCUT2D eigenvalue weighted by Gasteiger charge is 2.46. The van der Waals surface area contributed by atoms with Crippen LogP contribution in [0.1, 0.15) is 6.42 Å². The van der Waals surface area contributed by atoms with E-state index in [0.29, 0.717) is 6.42 Å². The molecule has 1 aliphatic carbocycles. The maximum Gasteiger partial charge on any atom is 0.306 e. The van der Waals surface area contributed by atoms with Gasteiger partial charge < -0.3 is 15.9 Å². The Morgan fingerprint density at radius 2 is 2.40 bits per heavy atom. The van der Waals surface area contributed by atoms with Crippen LogP contribution in [0.2, 0.25) is 0 Å². The van der Waals surface area contributed by atoms with Crippen LogP contribution in [0.25, 0.3) is 0 Å². The summed E-state index contributed by atoms with van der Waals surface area (Å²) in [5.41, 5.74) is 5.39. The van der Waals surface area contributed by atoms with Crippen molar-refractivity contribution in [2.45, 2.75) is 12.5 Å². The van der Waals surface area contributed by atoms with E-state index in [1.807, 2.05) is 0 Å². The van der Waals surface area contributed by atoms with Gasteiger partial charge in [-0.2, -0.15) is 0 Å². The lowest BCUT2D eigenvalue weighted by Gasteiger charge is -2.03. The predicted octanol–water partition coefficient (Wildman–Crippen LogP) is -0.973. The lowest BCUT2D eigenvalue weighted by Crippen LogP contribution is -2.28. The van der Waals surface area contributed by atoms with E-state index < -0.39 is 5.97 Å². The molecule has 0 spiro atoms. The summed E-state index contributed by atoms with van der Waals surface area (Å²) in [5, 5.41) is 17.0. The molecule has 0 bridgehead atoms. The smallest absolute Gasteiger partial charge is 0.306 e. The zero-order chi connectivity index (χ0) is 7.72. The lowest BCUT2D eigenvalue weighted by atomic mass is 10.2. The monoisotopic (exact) mass is 145 g/mol. The molecule has 4 nitrogen and oxygen atoms in total. The first-order valence-corrected chi connectivity index (χ1v) is 3.26. The van der Waals surface area contributed by atoms with Crippen molar-refractivity contribution >= 4 is 5.97 Å². The van der Waals surface area contributed by atoms with Crippen LogP contribution in [-0.4, -0.2) is 28.8 Å². The summed E-state index contributed by atoms with van der Waals surface area (Å²) in [5.74, 6) is -1.10. The van der Waals surface area contributed by atoms with Crippen molar-refractivity contribution in [3.63, 3.8) is 0 Å². The molecule has 3 atom stereocenters. The van der Waals surface area contributed by atoms with Gasteiger partial charge in [-0.1, -0.05) is 0 Å². The summed E-state index contributed by atoms with van der Waals surface area (Å²) < 4.78 is 0. The second-order valence-corrected chi connectivity index (χ2v) is 2.69. The molecule has 1 fully saturated rings. The van der Waals surface area contributed by atoms with Gasteiger partial charge in [0.25, 0.3) is 0 Å². The molecule has 1 saturated carbocycles. The Morgan fingerprint density at radius 3 is 2.70 bits per heavy atom. The van der Waals surface area contributed by atoms with Crippen LogP contribution in [0.4, 0.5) is 0 Å². The molecule has 0 aromatic heterocycles. The molecule has 0 aromatic carbocycles. The van der Waals surface area contributed by atoms with Gasteiger partial charge in [0.05, 0.1) is 12.5 Å². The summed E-state index contributed by atoms with van der Waals surface area (Å²) in [6.45, 7) is -0.117. The van der Waals surface area contributed by atoms with Gasteiger partial charge in [-0.05, 0) is 12.3 Å². The number of hydrogen-bond donors (Lipinski definition) is 3. The minimum absolute atomic E-state index is 0.00231. The Balaban J connectivity index is 2.31.